The van der Waals surface area contributed by atoms with Crippen LogP contribution in [0, 0.1) is 0 Å². The highest BCUT2D eigenvalue weighted by molar-refractivity contribution is 7.23. The van der Waals surface area contributed by atoms with Gasteiger partial charge in [0.2, 0.25) is 0 Å². The first-order chi connectivity index (χ1) is 33.7. The maximum Gasteiger partial charge on any atom is 0.185 e. The van der Waals surface area contributed by atoms with Crippen LogP contribution in [0.25, 0.3) is 79.5 Å². The van der Waals surface area contributed by atoms with E-state index in [9.17, 15) is 0 Å². The summed E-state index contributed by atoms with van der Waals surface area (Å²) in [5.41, 5.74) is 11.4. The van der Waals surface area contributed by atoms with Gasteiger partial charge in [-0.05, 0) is 56.1 Å². The third-order valence-corrected chi connectivity index (χ3v) is 18.1. The Labute approximate surface area is 394 Å². The first kappa shape index (κ1) is 39.4. The lowest BCUT2D eigenvalue weighted by Gasteiger charge is -2.43. The second-order valence-electron chi connectivity index (χ2n) is 17.1. The second-order valence-corrected chi connectivity index (χ2v) is 20.7. The summed E-state index contributed by atoms with van der Waals surface area (Å²) in [6.45, 7) is 0. The number of aromatic nitrogens is 6. The van der Waals surface area contributed by atoms with Crippen LogP contribution in [0.2, 0.25) is 0 Å². The zero-order valence-electron chi connectivity index (χ0n) is 36.6. The van der Waals surface area contributed by atoms with Crippen LogP contribution in [0.15, 0.2) is 237 Å². The largest absolute Gasteiger partial charge is 0.311 e. The molecule has 0 radical (unpaired) electrons. The normalized spacial score (nSPS) is 12.8. The Hall–Kier alpha value is -8.98. The summed E-state index contributed by atoms with van der Waals surface area (Å²) in [5.74, 6) is 3.76. The van der Waals surface area contributed by atoms with E-state index in [-0.39, 0.29) is 0 Å². The number of para-hydroxylation sites is 3. The van der Waals surface area contributed by atoms with E-state index in [4.69, 9.17) is 29.9 Å². The van der Waals surface area contributed by atoms with Crippen LogP contribution in [0.5, 0.6) is 0 Å². The topological polar surface area (TPSA) is 80.6 Å². The predicted molar refractivity (Wildman–Crippen MR) is 277 cm³/mol. The molecule has 68 heavy (non-hydrogen) atoms. The molecule has 0 fully saturated rings. The van der Waals surface area contributed by atoms with E-state index in [1.54, 1.807) is 0 Å². The molecule has 0 aliphatic carbocycles. The Bertz CT molecular complexity index is 3340. The van der Waals surface area contributed by atoms with E-state index >= 15 is 0 Å². The minimum atomic E-state index is -3.20. The molecule has 0 bridgehead atoms. The van der Waals surface area contributed by atoms with E-state index in [0.717, 1.165) is 50.4 Å². The summed E-state index contributed by atoms with van der Waals surface area (Å²) >= 11 is 0. The number of fused-ring (bicyclic) bond motifs is 9. The molecule has 318 valence electrons. The van der Waals surface area contributed by atoms with Crippen LogP contribution in [-0.4, -0.2) is 38.0 Å². The van der Waals surface area contributed by atoms with Gasteiger partial charge in [0, 0.05) is 50.4 Å². The van der Waals surface area contributed by atoms with Crippen molar-refractivity contribution in [1.82, 2.24) is 29.9 Å². The lowest BCUT2D eigenvalue weighted by atomic mass is 10.0. The fourth-order valence-corrected chi connectivity index (χ4v) is 15.7. The summed E-state index contributed by atoms with van der Waals surface area (Å²) in [6, 6.07) is 83.1. The quantitative estimate of drug-likeness (QED) is 0.147. The van der Waals surface area contributed by atoms with Crippen LogP contribution in [-0.2, 0) is 0 Å². The first-order valence-electron chi connectivity index (χ1n) is 22.8. The minimum absolute atomic E-state index is 0.622. The number of hydrogen-bond donors (Lipinski definition) is 0. The summed E-state index contributed by atoms with van der Waals surface area (Å²) in [4.78, 5) is 33.4. The first-order valence-corrected chi connectivity index (χ1v) is 24.8. The molecule has 4 heterocycles. The fraction of sp³-hybridized carbons (Fsp3) is 0. The van der Waals surface area contributed by atoms with Crippen molar-refractivity contribution < 1.29 is 0 Å². The highest BCUT2D eigenvalue weighted by Crippen LogP contribution is 2.42. The molecule has 0 unspecified atom stereocenters. The molecule has 1 spiro atoms. The molecule has 0 atom stereocenters. The van der Waals surface area contributed by atoms with Gasteiger partial charge < -0.3 is 4.90 Å². The molecule has 2 aromatic heterocycles. The maximum atomic E-state index is 5.23. The smallest absolute Gasteiger partial charge is 0.185 e. The molecule has 0 amide bonds. The Morgan fingerprint density at radius 3 is 0.897 bits per heavy atom. The Balaban J connectivity index is 1.08. The van der Waals surface area contributed by atoms with Crippen molar-refractivity contribution in [2.45, 2.75) is 0 Å². The molecular weight excluding hydrogens is 847 g/mol. The van der Waals surface area contributed by atoms with Gasteiger partial charge >= 0.3 is 0 Å². The average Bonchev–Trinajstić information content (AvgIpc) is 3.71. The molecule has 2 aliphatic rings. The Morgan fingerprint density at radius 2 is 0.544 bits per heavy atom. The van der Waals surface area contributed by atoms with E-state index < -0.39 is 8.07 Å². The number of hydrogen-bond acceptors (Lipinski definition) is 7. The van der Waals surface area contributed by atoms with Gasteiger partial charge in [0.25, 0.3) is 0 Å². The van der Waals surface area contributed by atoms with Gasteiger partial charge in [0.15, 0.2) is 43.0 Å². The third-order valence-electron chi connectivity index (χ3n) is 13.2. The van der Waals surface area contributed by atoms with Gasteiger partial charge in [0.1, 0.15) is 0 Å². The number of benzene rings is 9. The van der Waals surface area contributed by atoms with Crippen LogP contribution in [0.4, 0.5) is 17.1 Å². The van der Waals surface area contributed by atoms with Crippen molar-refractivity contribution in [2.24, 2.45) is 0 Å². The molecule has 13 rings (SSSR count). The monoisotopic (exact) mass is 885 g/mol. The molecule has 0 N–H and O–H groups in total. The van der Waals surface area contributed by atoms with Gasteiger partial charge in [0.05, 0.1) is 0 Å². The summed E-state index contributed by atoms with van der Waals surface area (Å²) in [5, 5.41) is 5.16. The number of rotatable bonds is 7. The van der Waals surface area contributed by atoms with Crippen molar-refractivity contribution in [1.29, 1.82) is 0 Å². The van der Waals surface area contributed by atoms with Crippen LogP contribution < -0.4 is 25.6 Å². The Morgan fingerprint density at radius 1 is 0.250 bits per heavy atom. The van der Waals surface area contributed by atoms with Crippen LogP contribution in [0.1, 0.15) is 0 Å². The molecule has 0 saturated carbocycles. The van der Waals surface area contributed by atoms with Crippen LogP contribution in [0.3, 0.4) is 0 Å². The molecule has 2 aliphatic heterocycles. The molecule has 11 aromatic rings. The fourth-order valence-electron chi connectivity index (χ4n) is 10.2. The molecule has 8 heteroatoms. The second kappa shape index (κ2) is 16.2. The SMILES string of the molecule is c1ccc(-c2nc(-c3ccccc3)nc(-c3ccc4c(c3)[Si]3(c5cc(-c6nc(-c7ccccc7)nc(-c7ccccc7)n6)ccc5-4)c4ccccc4N(c4ccccc4)c4ccccc43)n2)cc1. The standard InChI is InChI=1S/C60H39N7Si/c1-6-20-40(21-7-1)55-61-56(41-22-8-2-9-23-41)64-59(63-55)44-34-36-47-48-37-35-45(60-65-57(42-24-10-3-11-25-42)62-58(66-60)43-26-12-4-13-27-43)39-54(48)68(53(47)38-44)51-32-18-16-30-49(51)67(46-28-14-5-15-29-46)50-31-17-19-33-52(50)68/h1-39H. The molecule has 0 saturated heterocycles. The van der Waals surface area contributed by atoms with Crippen molar-refractivity contribution in [3.63, 3.8) is 0 Å². The van der Waals surface area contributed by atoms with Crippen molar-refractivity contribution in [2.75, 3.05) is 4.90 Å². The average molecular weight is 886 g/mol. The zero-order valence-corrected chi connectivity index (χ0v) is 37.6. The van der Waals surface area contributed by atoms with Gasteiger partial charge in [-0.1, -0.05) is 212 Å². The Kier molecular flexibility index (Phi) is 9.36. The predicted octanol–water partition coefficient (Wildman–Crippen LogP) is 11.2. The van der Waals surface area contributed by atoms with Crippen molar-refractivity contribution in [3.8, 4) is 79.5 Å². The highest BCUT2D eigenvalue weighted by atomic mass is 28.3. The van der Waals surface area contributed by atoms with Crippen molar-refractivity contribution >= 4 is 45.9 Å². The van der Waals surface area contributed by atoms with Gasteiger partial charge in [-0.25, -0.2) is 29.9 Å². The summed E-state index contributed by atoms with van der Waals surface area (Å²) < 4.78 is 0. The van der Waals surface area contributed by atoms with Crippen molar-refractivity contribution in [3.05, 3.63) is 237 Å². The molecule has 7 nitrogen and oxygen atoms in total. The highest BCUT2D eigenvalue weighted by Gasteiger charge is 2.54. The lowest BCUT2D eigenvalue weighted by molar-refractivity contribution is 1.07. The number of anilines is 3. The third kappa shape index (κ3) is 6.41. The van der Waals surface area contributed by atoms with E-state index in [1.165, 1.54) is 31.9 Å². The minimum Gasteiger partial charge on any atom is -0.311 e. The van der Waals surface area contributed by atoms with Gasteiger partial charge in [-0.3, -0.25) is 0 Å². The summed E-state index contributed by atoms with van der Waals surface area (Å²) in [7, 11) is -3.20. The van der Waals surface area contributed by atoms with Crippen LogP contribution >= 0.6 is 0 Å². The van der Waals surface area contributed by atoms with E-state index in [1.807, 2.05) is 72.8 Å². The molecular formula is C60H39N7Si. The van der Waals surface area contributed by atoms with Gasteiger partial charge in [-0.15, -0.1) is 0 Å². The van der Waals surface area contributed by atoms with E-state index in [2.05, 4.69) is 169 Å². The molecule has 9 aromatic carbocycles. The maximum absolute atomic E-state index is 5.23. The lowest BCUT2D eigenvalue weighted by Crippen LogP contribution is -2.75. The summed E-state index contributed by atoms with van der Waals surface area (Å²) in [6.07, 6.45) is 0. The number of nitrogens with zero attached hydrogens (tertiary/aromatic N) is 7. The zero-order chi connectivity index (χ0) is 45.0. The van der Waals surface area contributed by atoms with Gasteiger partial charge in [-0.2, -0.15) is 0 Å². The van der Waals surface area contributed by atoms with E-state index in [0.29, 0.717) is 34.9 Å².